The Balaban J connectivity index is 2.18. The van der Waals surface area contributed by atoms with E-state index in [0.29, 0.717) is 23.9 Å². The third-order valence-corrected chi connectivity index (χ3v) is 3.09. The minimum absolute atomic E-state index is 0.0575. The summed E-state index contributed by atoms with van der Waals surface area (Å²) in [6, 6.07) is 3.81. The second-order valence-electron chi connectivity index (χ2n) is 4.39. The zero-order valence-corrected chi connectivity index (χ0v) is 11.8. The molecular weight excluding hydrogens is 248 g/mol. The number of hydrogen-bond donors (Lipinski definition) is 0. The monoisotopic (exact) mass is 268 g/mol. The lowest BCUT2D eigenvalue weighted by molar-refractivity contribution is 0.0536. The zero-order valence-electron chi connectivity index (χ0n) is 11.8. The number of methoxy groups -OCH3 is 3. The first-order chi connectivity index (χ1) is 9.19. The van der Waals surface area contributed by atoms with Gasteiger partial charge in [0.25, 0.3) is 0 Å². The predicted molar refractivity (Wildman–Crippen MR) is 70.2 cm³/mol. The molecule has 0 aromatic heterocycles. The average molecular weight is 268 g/mol. The molecular formula is C14H20O5. The van der Waals surface area contributed by atoms with Gasteiger partial charge in [-0.1, -0.05) is 0 Å². The lowest BCUT2D eigenvalue weighted by Gasteiger charge is -2.18. The molecule has 0 aliphatic carbocycles. The average Bonchev–Trinajstić information content (AvgIpc) is 3.27. The Bertz CT molecular complexity index is 403. The van der Waals surface area contributed by atoms with Crippen molar-refractivity contribution in [2.24, 2.45) is 0 Å². The van der Waals surface area contributed by atoms with E-state index in [1.54, 1.807) is 21.3 Å². The highest BCUT2D eigenvalue weighted by Crippen LogP contribution is 2.40. The zero-order chi connectivity index (χ0) is 13.8. The van der Waals surface area contributed by atoms with Gasteiger partial charge >= 0.3 is 0 Å². The summed E-state index contributed by atoms with van der Waals surface area (Å²) in [6.07, 6.45) is 0.197. The summed E-state index contributed by atoms with van der Waals surface area (Å²) < 4.78 is 26.8. The number of rotatable bonds is 7. The highest BCUT2D eigenvalue weighted by atomic mass is 16.6. The number of hydrogen-bond acceptors (Lipinski definition) is 5. The van der Waals surface area contributed by atoms with E-state index in [2.05, 4.69) is 0 Å². The van der Waals surface area contributed by atoms with Crippen LogP contribution in [-0.4, -0.2) is 40.6 Å². The van der Waals surface area contributed by atoms with Crippen LogP contribution < -0.4 is 14.2 Å². The largest absolute Gasteiger partial charge is 0.493 e. The van der Waals surface area contributed by atoms with Crippen LogP contribution in [0.1, 0.15) is 18.6 Å². The quantitative estimate of drug-likeness (QED) is 0.709. The second-order valence-corrected chi connectivity index (χ2v) is 4.39. The van der Waals surface area contributed by atoms with E-state index in [1.165, 1.54) is 0 Å². The van der Waals surface area contributed by atoms with Gasteiger partial charge in [0, 0.05) is 0 Å². The summed E-state index contributed by atoms with van der Waals surface area (Å²) in [5.41, 5.74) is 0.982. The molecule has 2 unspecified atom stereocenters. The molecule has 1 fully saturated rings. The Labute approximate surface area is 113 Å². The Hall–Kier alpha value is -1.46. The molecule has 1 aromatic carbocycles. The van der Waals surface area contributed by atoms with Crippen LogP contribution in [-0.2, 0) is 9.47 Å². The van der Waals surface area contributed by atoms with Crippen molar-refractivity contribution in [1.82, 2.24) is 0 Å². The van der Waals surface area contributed by atoms with Crippen LogP contribution in [0.25, 0.3) is 0 Å². The first-order valence-electron chi connectivity index (χ1n) is 6.22. The van der Waals surface area contributed by atoms with Gasteiger partial charge in [-0.25, -0.2) is 0 Å². The van der Waals surface area contributed by atoms with E-state index >= 15 is 0 Å². The SMILES string of the molecule is COc1cc(C(C)OCC2CO2)cc(OC)c1OC. The standard InChI is InChI=1S/C14H20O5/c1-9(18-7-11-8-19-11)10-5-12(15-2)14(17-4)13(6-10)16-3/h5-6,9,11H,7-8H2,1-4H3. The van der Waals surface area contributed by atoms with Crippen LogP contribution in [0.15, 0.2) is 12.1 Å². The van der Waals surface area contributed by atoms with Gasteiger partial charge in [-0.05, 0) is 24.6 Å². The summed E-state index contributed by atoms with van der Waals surface area (Å²) in [5, 5.41) is 0. The second kappa shape index (κ2) is 6.12. The van der Waals surface area contributed by atoms with Crippen molar-refractivity contribution in [1.29, 1.82) is 0 Å². The number of benzene rings is 1. The van der Waals surface area contributed by atoms with Crippen LogP contribution in [0, 0.1) is 0 Å². The van der Waals surface area contributed by atoms with Crippen molar-refractivity contribution in [3.8, 4) is 17.2 Å². The van der Waals surface area contributed by atoms with Crippen LogP contribution in [0.3, 0.4) is 0 Å². The van der Waals surface area contributed by atoms with Gasteiger partial charge in [-0.2, -0.15) is 0 Å². The molecule has 0 N–H and O–H groups in total. The normalized spacial score (nSPS) is 18.8. The smallest absolute Gasteiger partial charge is 0.203 e. The van der Waals surface area contributed by atoms with Gasteiger partial charge in [0.05, 0.1) is 40.6 Å². The lowest BCUT2D eigenvalue weighted by Crippen LogP contribution is -2.07. The van der Waals surface area contributed by atoms with Crippen molar-refractivity contribution in [2.45, 2.75) is 19.1 Å². The highest BCUT2D eigenvalue weighted by Gasteiger charge is 2.24. The number of ether oxygens (including phenoxy) is 5. The summed E-state index contributed by atoms with van der Waals surface area (Å²) in [5.74, 6) is 1.86. The van der Waals surface area contributed by atoms with Gasteiger partial charge in [0.1, 0.15) is 6.10 Å². The first-order valence-corrected chi connectivity index (χ1v) is 6.22. The van der Waals surface area contributed by atoms with Crippen LogP contribution in [0.4, 0.5) is 0 Å². The van der Waals surface area contributed by atoms with Crippen molar-refractivity contribution >= 4 is 0 Å². The molecule has 106 valence electrons. The fourth-order valence-corrected chi connectivity index (χ4v) is 1.85. The third kappa shape index (κ3) is 3.30. The highest BCUT2D eigenvalue weighted by molar-refractivity contribution is 5.54. The minimum Gasteiger partial charge on any atom is -0.493 e. The summed E-state index contributed by atoms with van der Waals surface area (Å²) in [6.45, 7) is 3.39. The molecule has 1 aliphatic rings. The summed E-state index contributed by atoms with van der Waals surface area (Å²) >= 11 is 0. The van der Waals surface area contributed by atoms with Crippen molar-refractivity contribution < 1.29 is 23.7 Å². The molecule has 1 saturated heterocycles. The molecule has 0 amide bonds. The lowest BCUT2D eigenvalue weighted by atomic mass is 10.1. The van der Waals surface area contributed by atoms with Crippen molar-refractivity contribution in [2.75, 3.05) is 34.5 Å². The Morgan fingerprint density at radius 3 is 2.16 bits per heavy atom. The molecule has 2 rings (SSSR count). The molecule has 2 atom stereocenters. The molecule has 1 heterocycles. The topological polar surface area (TPSA) is 49.5 Å². The van der Waals surface area contributed by atoms with Crippen LogP contribution in [0.5, 0.6) is 17.2 Å². The Morgan fingerprint density at radius 1 is 1.16 bits per heavy atom. The molecule has 5 heteroatoms. The Morgan fingerprint density at radius 2 is 1.74 bits per heavy atom. The molecule has 0 saturated carbocycles. The first kappa shape index (κ1) is 14.0. The number of epoxide rings is 1. The summed E-state index contributed by atoms with van der Waals surface area (Å²) in [4.78, 5) is 0. The molecule has 5 nitrogen and oxygen atoms in total. The van der Waals surface area contributed by atoms with Crippen molar-refractivity contribution in [3.05, 3.63) is 17.7 Å². The molecule has 0 spiro atoms. The van der Waals surface area contributed by atoms with Gasteiger partial charge in [-0.15, -0.1) is 0 Å². The minimum atomic E-state index is -0.0575. The Kier molecular flexibility index (Phi) is 4.50. The summed E-state index contributed by atoms with van der Waals surface area (Å²) in [7, 11) is 4.79. The maximum Gasteiger partial charge on any atom is 0.203 e. The van der Waals surface area contributed by atoms with E-state index in [1.807, 2.05) is 19.1 Å². The van der Waals surface area contributed by atoms with E-state index in [-0.39, 0.29) is 12.2 Å². The van der Waals surface area contributed by atoms with E-state index < -0.39 is 0 Å². The molecule has 1 aromatic rings. The molecule has 0 bridgehead atoms. The predicted octanol–water partition coefficient (Wildman–Crippen LogP) is 2.19. The van der Waals surface area contributed by atoms with E-state index in [0.717, 1.165) is 12.2 Å². The van der Waals surface area contributed by atoms with E-state index in [9.17, 15) is 0 Å². The molecule has 1 aliphatic heterocycles. The van der Waals surface area contributed by atoms with E-state index in [4.69, 9.17) is 23.7 Å². The van der Waals surface area contributed by atoms with Crippen LogP contribution >= 0.6 is 0 Å². The maximum absolute atomic E-state index is 5.75. The van der Waals surface area contributed by atoms with Gasteiger partial charge < -0.3 is 23.7 Å². The maximum atomic E-state index is 5.75. The van der Waals surface area contributed by atoms with Crippen LogP contribution in [0.2, 0.25) is 0 Å². The van der Waals surface area contributed by atoms with Gasteiger partial charge in [-0.3, -0.25) is 0 Å². The fourth-order valence-electron chi connectivity index (χ4n) is 1.85. The van der Waals surface area contributed by atoms with Crippen molar-refractivity contribution in [3.63, 3.8) is 0 Å². The molecule has 0 radical (unpaired) electrons. The molecule has 19 heavy (non-hydrogen) atoms. The fraction of sp³-hybridized carbons (Fsp3) is 0.571. The van der Waals surface area contributed by atoms with Gasteiger partial charge in [0.15, 0.2) is 11.5 Å². The van der Waals surface area contributed by atoms with Gasteiger partial charge in [0.2, 0.25) is 5.75 Å². The third-order valence-electron chi connectivity index (χ3n) is 3.09.